The van der Waals surface area contributed by atoms with E-state index >= 15 is 0 Å². The molecule has 0 bridgehead atoms. The van der Waals surface area contributed by atoms with E-state index in [2.05, 4.69) is 15.4 Å². The van der Waals surface area contributed by atoms with Crippen LogP contribution in [0.4, 0.5) is 0 Å². The van der Waals surface area contributed by atoms with Crippen LogP contribution in [0.1, 0.15) is 24.8 Å². The van der Waals surface area contributed by atoms with Crippen LogP contribution in [0.25, 0.3) is 5.69 Å². The van der Waals surface area contributed by atoms with E-state index in [4.69, 9.17) is 5.73 Å². The number of aromatic nitrogens is 3. The largest absolute Gasteiger partial charge is 0.352 e. The van der Waals surface area contributed by atoms with Gasteiger partial charge in [-0.15, -0.1) is 0 Å². The summed E-state index contributed by atoms with van der Waals surface area (Å²) >= 11 is 0. The van der Waals surface area contributed by atoms with Gasteiger partial charge in [0.15, 0.2) is 0 Å². The molecule has 3 rings (SSSR count). The molecule has 110 valence electrons. The zero-order valence-electron chi connectivity index (χ0n) is 11.8. The molecule has 1 aromatic carbocycles. The van der Waals surface area contributed by atoms with Crippen LogP contribution in [0.5, 0.6) is 0 Å². The number of carbonyl (C=O) groups is 1. The molecular formula is C15H19N5O. The summed E-state index contributed by atoms with van der Waals surface area (Å²) in [6.45, 7) is 0.544. The summed E-state index contributed by atoms with van der Waals surface area (Å²) in [4.78, 5) is 15.9. The van der Waals surface area contributed by atoms with E-state index in [-0.39, 0.29) is 17.9 Å². The highest BCUT2D eigenvalue weighted by Gasteiger charge is 2.27. The number of hydrogen-bond acceptors (Lipinski definition) is 4. The number of hydrogen-bond donors (Lipinski definition) is 2. The van der Waals surface area contributed by atoms with E-state index in [9.17, 15) is 4.79 Å². The normalized spacial score (nSPS) is 21.4. The second-order valence-electron chi connectivity index (χ2n) is 5.49. The van der Waals surface area contributed by atoms with E-state index in [0.29, 0.717) is 6.54 Å². The van der Waals surface area contributed by atoms with E-state index in [0.717, 1.165) is 30.5 Å². The van der Waals surface area contributed by atoms with Gasteiger partial charge in [-0.3, -0.25) is 4.79 Å². The molecular weight excluding hydrogens is 266 g/mol. The molecule has 1 aliphatic rings. The zero-order valence-corrected chi connectivity index (χ0v) is 11.8. The minimum atomic E-state index is 0.0782. The molecule has 1 amide bonds. The summed E-state index contributed by atoms with van der Waals surface area (Å²) in [5.74, 6) is 0.192. The molecule has 0 saturated heterocycles. The molecule has 1 heterocycles. The van der Waals surface area contributed by atoms with Crippen LogP contribution in [0, 0.1) is 5.92 Å². The highest BCUT2D eigenvalue weighted by molar-refractivity contribution is 5.79. The van der Waals surface area contributed by atoms with Gasteiger partial charge in [-0.1, -0.05) is 12.1 Å². The first kappa shape index (κ1) is 13.8. The predicted molar refractivity (Wildman–Crippen MR) is 78.5 cm³/mol. The summed E-state index contributed by atoms with van der Waals surface area (Å²) < 4.78 is 1.70. The summed E-state index contributed by atoms with van der Waals surface area (Å²) in [6, 6.07) is 8.07. The van der Waals surface area contributed by atoms with Gasteiger partial charge >= 0.3 is 0 Å². The van der Waals surface area contributed by atoms with Crippen molar-refractivity contribution in [2.45, 2.75) is 31.8 Å². The van der Waals surface area contributed by atoms with Gasteiger partial charge in [0.05, 0.1) is 5.69 Å². The molecule has 1 saturated carbocycles. The van der Waals surface area contributed by atoms with Crippen molar-refractivity contribution in [1.29, 1.82) is 0 Å². The second-order valence-corrected chi connectivity index (χ2v) is 5.49. The fraction of sp³-hybridized carbons (Fsp3) is 0.400. The number of nitrogens with one attached hydrogen (secondary N) is 1. The van der Waals surface area contributed by atoms with Crippen molar-refractivity contribution in [1.82, 2.24) is 20.1 Å². The van der Waals surface area contributed by atoms with E-state index in [1.54, 1.807) is 11.0 Å². The molecule has 1 aromatic heterocycles. The van der Waals surface area contributed by atoms with Crippen molar-refractivity contribution in [3.05, 3.63) is 42.5 Å². The standard InChI is InChI=1S/C15H19N5O/c16-13-4-3-12(7-13)15(21)18-8-11-1-5-14(6-2-11)20-10-17-9-19-20/h1-2,5-6,9-10,12-13H,3-4,7-8,16H2,(H,18,21). The van der Waals surface area contributed by atoms with Crippen molar-refractivity contribution >= 4 is 5.91 Å². The quantitative estimate of drug-likeness (QED) is 0.878. The van der Waals surface area contributed by atoms with Crippen LogP contribution in [-0.2, 0) is 11.3 Å². The van der Waals surface area contributed by atoms with Crippen LogP contribution >= 0.6 is 0 Å². The first-order valence-corrected chi connectivity index (χ1v) is 7.19. The SMILES string of the molecule is NC1CCC(C(=O)NCc2ccc(-n3cncn3)cc2)C1. The third-order valence-corrected chi connectivity index (χ3v) is 3.93. The maximum absolute atomic E-state index is 12.0. The summed E-state index contributed by atoms with van der Waals surface area (Å²) in [5, 5.41) is 7.06. The monoisotopic (exact) mass is 285 g/mol. The molecule has 6 heteroatoms. The molecule has 1 fully saturated rings. The fourth-order valence-corrected chi connectivity index (χ4v) is 2.70. The second kappa shape index (κ2) is 6.05. The molecule has 3 N–H and O–H groups in total. The third kappa shape index (κ3) is 3.28. The van der Waals surface area contributed by atoms with E-state index in [1.165, 1.54) is 6.33 Å². The average molecular weight is 285 g/mol. The van der Waals surface area contributed by atoms with Crippen molar-refractivity contribution in [2.24, 2.45) is 11.7 Å². The Morgan fingerprint density at radius 3 is 2.76 bits per heavy atom. The topological polar surface area (TPSA) is 85.8 Å². The maximum Gasteiger partial charge on any atom is 0.223 e. The van der Waals surface area contributed by atoms with Gasteiger partial charge in [-0.05, 0) is 37.0 Å². The van der Waals surface area contributed by atoms with Gasteiger partial charge in [0.1, 0.15) is 12.7 Å². The number of rotatable bonds is 4. The number of amides is 1. The molecule has 2 atom stereocenters. The molecule has 2 aromatic rings. The number of nitrogens with zero attached hydrogens (tertiary/aromatic N) is 3. The molecule has 21 heavy (non-hydrogen) atoms. The van der Waals surface area contributed by atoms with Crippen molar-refractivity contribution in [2.75, 3.05) is 0 Å². The lowest BCUT2D eigenvalue weighted by Crippen LogP contribution is -2.29. The molecule has 2 unspecified atom stereocenters. The number of benzene rings is 1. The number of nitrogens with two attached hydrogens (primary N) is 1. The lowest BCUT2D eigenvalue weighted by atomic mass is 10.1. The minimum Gasteiger partial charge on any atom is -0.352 e. The van der Waals surface area contributed by atoms with Crippen LogP contribution in [-0.4, -0.2) is 26.7 Å². The Balaban J connectivity index is 1.55. The number of carbonyl (C=O) groups excluding carboxylic acids is 1. The average Bonchev–Trinajstić information content (AvgIpc) is 3.16. The van der Waals surface area contributed by atoms with Crippen molar-refractivity contribution in [3.63, 3.8) is 0 Å². The van der Waals surface area contributed by atoms with Gasteiger partial charge in [-0.25, -0.2) is 9.67 Å². The van der Waals surface area contributed by atoms with E-state index in [1.807, 2.05) is 24.3 Å². The lowest BCUT2D eigenvalue weighted by Gasteiger charge is -2.11. The molecule has 0 aliphatic heterocycles. The van der Waals surface area contributed by atoms with Gasteiger partial charge in [0.25, 0.3) is 0 Å². The van der Waals surface area contributed by atoms with Crippen LogP contribution in [0.15, 0.2) is 36.9 Å². The van der Waals surface area contributed by atoms with Gasteiger partial charge in [0.2, 0.25) is 5.91 Å². The Bertz CT molecular complexity index is 593. The van der Waals surface area contributed by atoms with Crippen LogP contribution in [0.2, 0.25) is 0 Å². The Kier molecular flexibility index (Phi) is 3.96. The summed E-state index contributed by atoms with van der Waals surface area (Å²) in [6.07, 6.45) is 5.81. The van der Waals surface area contributed by atoms with Crippen molar-refractivity contribution in [3.8, 4) is 5.69 Å². The van der Waals surface area contributed by atoms with Crippen LogP contribution in [0.3, 0.4) is 0 Å². The lowest BCUT2D eigenvalue weighted by molar-refractivity contribution is -0.125. The summed E-state index contributed by atoms with van der Waals surface area (Å²) in [5.41, 5.74) is 7.85. The third-order valence-electron chi connectivity index (χ3n) is 3.93. The first-order chi connectivity index (χ1) is 10.2. The first-order valence-electron chi connectivity index (χ1n) is 7.19. The summed E-state index contributed by atoms with van der Waals surface area (Å²) in [7, 11) is 0. The highest BCUT2D eigenvalue weighted by Crippen LogP contribution is 2.24. The fourth-order valence-electron chi connectivity index (χ4n) is 2.70. The van der Waals surface area contributed by atoms with Crippen molar-refractivity contribution < 1.29 is 4.79 Å². The van der Waals surface area contributed by atoms with Crippen LogP contribution < -0.4 is 11.1 Å². The molecule has 0 spiro atoms. The Morgan fingerprint density at radius 2 is 2.14 bits per heavy atom. The van der Waals surface area contributed by atoms with Gasteiger partial charge in [-0.2, -0.15) is 5.10 Å². The smallest absolute Gasteiger partial charge is 0.223 e. The minimum absolute atomic E-state index is 0.0782. The van der Waals surface area contributed by atoms with E-state index < -0.39 is 0 Å². The Hall–Kier alpha value is -2.21. The molecule has 6 nitrogen and oxygen atoms in total. The predicted octanol–water partition coefficient (Wildman–Crippen LogP) is 1.01. The highest BCUT2D eigenvalue weighted by atomic mass is 16.1. The van der Waals surface area contributed by atoms with Gasteiger partial charge in [0, 0.05) is 18.5 Å². The Morgan fingerprint density at radius 1 is 1.33 bits per heavy atom. The molecule has 0 radical (unpaired) electrons. The Labute approximate surface area is 123 Å². The maximum atomic E-state index is 12.0. The zero-order chi connectivity index (χ0) is 14.7. The van der Waals surface area contributed by atoms with Gasteiger partial charge < -0.3 is 11.1 Å². The molecule has 1 aliphatic carbocycles.